The van der Waals surface area contributed by atoms with Gasteiger partial charge in [0.25, 0.3) is 5.91 Å². The molecule has 0 aliphatic carbocycles. The first-order valence-corrected chi connectivity index (χ1v) is 5.85. The third-order valence-corrected chi connectivity index (χ3v) is 2.90. The number of rotatable bonds is 3. The summed E-state index contributed by atoms with van der Waals surface area (Å²) in [5, 5.41) is 8.81. The molecule has 1 amide bonds. The fourth-order valence-corrected chi connectivity index (χ4v) is 1.95. The fourth-order valence-electron chi connectivity index (χ4n) is 1.95. The molecule has 0 bridgehead atoms. The van der Waals surface area contributed by atoms with Crippen LogP contribution in [-0.4, -0.2) is 18.2 Å². The van der Waals surface area contributed by atoms with E-state index < -0.39 is 5.91 Å². The van der Waals surface area contributed by atoms with E-state index in [9.17, 15) is 4.79 Å². The van der Waals surface area contributed by atoms with Gasteiger partial charge in [-0.05, 0) is 36.2 Å². The normalized spacial score (nSPS) is 10.1. The van der Waals surface area contributed by atoms with Crippen molar-refractivity contribution in [1.82, 2.24) is 5.48 Å². The highest BCUT2D eigenvalue weighted by atomic mass is 16.5. The Balaban J connectivity index is 2.59. The molecule has 2 rings (SSSR count). The summed E-state index contributed by atoms with van der Waals surface area (Å²) in [6.45, 7) is 1.95. The molecule has 98 valence electrons. The monoisotopic (exact) mass is 257 g/mol. The van der Waals surface area contributed by atoms with E-state index in [0.29, 0.717) is 5.56 Å². The summed E-state index contributed by atoms with van der Waals surface area (Å²) in [5.41, 5.74) is 4.74. The van der Waals surface area contributed by atoms with Crippen LogP contribution in [0.5, 0.6) is 5.75 Å². The van der Waals surface area contributed by atoms with E-state index in [1.54, 1.807) is 18.7 Å². The van der Waals surface area contributed by atoms with Gasteiger partial charge in [-0.3, -0.25) is 10.0 Å². The van der Waals surface area contributed by atoms with Crippen LogP contribution in [-0.2, 0) is 0 Å². The molecular weight excluding hydrogens is 242 g/mol. The second-order valence-electron chi connectivity index (χ2n) is 4.22. The van der Waals surface area contributed by atoms with Crippen molar-refractivity contribution in [2.45, 2.75) is 6.92 Å². The zero-order valence-corrected chi connectivity index (χ0v) is 10.8. The van der Waals surface area contributed by atoms with E-state index in [1.807, 2.05) is 43.3 Å². The van der Waals surface area contributed by atoms with Crippen LogP contribution in [0, 0.1) is 6.92 Å². The highest BCUT2D eigenvalue weighted by Crippen LogP contribution is 2.28. The summed E-state index contributed by atoms with van der Waals surface area (Å²) >= 11 is 0. The zero-order chi connectivity index (χ0) is 13.8. The molecule has 0 saturated carbocycles. The molecule has 4 nitrogen and oxygen atoms in total. The molecule has 19 heavy (non-hydrogen) atoms. The molecule has 0 heterocycles. The van der Waals surface area contributed by atoms with Crippen LogP contribution >= 0.6 is 0 Å². The van der Waals surface area contributed by atoms with Crippen molar-refractivity contribution in [3.63, 3.8) is 0 Å². The van der Waals surface area contributed by atoms with Crippen molar-refractivity contribution in [2.24, 2.45) is 0 Å². The Labute approximate surface area is 111 Å². The van der Waals surface area contributed by atoms with Gasteiger partial charge in [0.2, 0.25) is 0 Å². The second kappa shape index (κ2) is 5.54. The first-order chi connectivity index (χ1) is 9.15. The number of hydrogen-bond donors (Lipinski definition) is 2. The number of amides is 1. The van der Waals surface area contributed by atoms with Crippen molar-refractivity contribution in [2.75, 3.05) is 7.11 Å². The number of carbonyl (C=O) groups excluding carboxylic acids is 1. The summed E-state index contributed by atoms with van der Waals surface area (Å²) in [6.07, 6.45) is 0. The predicted octanol–water partition coefficient (Wildman–Crippen LogP) is 2.79. The lowest BCUT2D eigenvalue weighted by atomic mass is 9.97. The highest BCUT2D eigenvalue weighted by Gasteiger charge is 2.12. The molecule has 0 fully saturated rings. The number of hydroxylamine groups is 1. The topological polar surface area (TPSA) is 58.6 Å². The molecule has 2 aromatic rings. The molecule has 0 aromatic heterocycles. The standard InChI is InChI=1S/C15H15NO3/c1-10-6-7-13(15(17)16-18)14(8-10)11-4-3-5-12(9-11)19-2/h3-9,18H,1-2H3,(H,16,17). The van der Waals surface area contributed by atoms with Gasteiger partial charge >= 0.3 is 0 Å². The molecular formula is C15H15NO3. The third-order valence-electron chi connectivity index (χ3n) is 2.90. The zero-order valence-electron chi connectivity index (χ0n) is 10.8. The molecule has 4 heteroatoms. The Morgan fingerprint density at radius 2 is 2.00 bits per heavy atom. The molecule has 0 aliphatic heterocycles. The van der Waals surface area contributed by atoms with E-state index in [0.717, 1.165) is 22.4 Å². The average Bonchev–Trinajstić information content (AvgIpc) is 2.46. The summed E-state index contributed by atoms with van der Waals surface area (Å²) in [6, 6.07) is 12.9. The van der Waals surface area contributed by atoms with Crippen LogP contribution in [0.25, 0.3) is 11.1 Å². The summed E-state index contributed by atoms with van der Waals surface area (Å²) in [4.78, 5) is 11.7. The highest BCUT2D eigenvalue weighted by molar-refractivity contribution is 6.00. The first kappa shape index (κ1) is 13.1. The van der Waals surface area contributed by atoms with Crippen LogP contribution < -0.4 is 10.2 Å². The minimum atomic E-state index is -0.530. The van der Waals surface area contributed by atoms with Gasteiger partial charge in [0.1, 0.15) is 5.75 Å². The summed E-state index contributed by atoms with van der Waals surface area (Å²) < 4.78 is 5.18. The number of nitrogens with one attached hydrogen (secondary N) is 1. The Kier molecular flexibility index (Phi) is 3.82. The minimum absolute atomic E-state index is 0.418. The van der Waals surface area contributed by atoms with Crippen LogP contribution in [0.15, 0.2) is 42.5 Å². The SMILES string of the molecule is COc1cccc(-c2cc(C)ccc2C(=O)NO)c1. The Morgan fingerprint density at radius 3 is 2.68 bits per heavy atom. The van der Waals surface area contributed by atoms with Crippen LogP contribution in [0.3, 0.4) is 0 Å². The number of ether oxygens (including phenoxy) is 1. The van der Waals surface area contributed by atoms with Gasteiger partial charge in [0.15, 0.2) is 0 Å². The predicted molar refractivity (Wildman–Crippen MR) is 72.4 cm³/mol. The van der Waals surface area contributed by atoms with Gasteiger partial charge < -0.3 is 4.74 Å². The van der Waals surface area contributed by atoms with E-state index in [2.05, 4.69) is 0 Å². The fraction of sp³-hybridized carbons (Fsp3) is 0.133. The van der Waals surface area contributed by atoms with Crippen LogP contribution in [0.4, 0.5) is 0 Å². The van der Waals surface area contributed by atoms with E-state index in [-0.39, 0.29) is 0 Å². The van der Waals surface area contributed by atoms with Crippen molar-refractivity contribution in [3.05, 3.63) is 53.6 Å². The lowest BCUT2D eigenvalue weighted by Gasteiger charge is -2.10. The Morgan fingerprint density at radius 1 is 1.21 bits per heavy atom. The van der Waals surface area contributed by atoms with Gasteiger partial charge in [-0.2, -0.15) is 0 Å². The largest absolute Gasteiger partial charge is 0.497 e. The first-order valence-electron chi connectivity index (χ1n) is 5.85. The second-order valence-corrected chi connectivity index (χ2v) is 4.22. The van der Waals surface area contributed by atoms with Crippen molar-refractivity contribution < 1.29 is 14.7 Å². The molecule has 2 N–H and O–H groups in total. The van der Waals surface area contributed by atoms with Crippen LogP contribution in [0.2, 0.25) is 0 Å². The number of carbonyl (C=O) groups is 1. The molecule has 0 unspecified atom stereocenters. The molecule has 0 atom stereocenters. The Hall–Kier alpha value is -2.33. The van der Waals surface area contributed by atoms with Gasteiger partial charge in [0.05, 0.1) is 7.11 Å². The maximum atomic E-state index is 11.7. The molecule has 0 saturated heterocycles. The van der Waals surface area contributed by atoms with Crippen molar-refractivity contribution in [3.8, 4) is 16.9 Å². The third kappa shape index (κ3) is 2.74. The number of hydrogen-bond acceptors (Lipinski definition) is 3. The van der Waals surface area contributed by atoms with Gasteiger partial charge in [-0.25, -0.2) is 5.48 Å². The summed E-state index contributed by atoms with van der Waals surface area (Å²) in [5.74, 6) is 0.187. The van der Waals surface area contributed by atoms with E-state index in [1.165, 1.54) is 0 Å². The minimum Gasteiger partial charge on any atom is -0.497 e. The molecule has 0 aliphatic rings. The van der Waals surface area contributed by atoms with Crippen molar-refractivity contribution in [1.29, 1.82) is 0 Å². The van der Waals surface area contributed by atoms with Crippen LogP contribution in [0.1, 0.15) is 15.9 Å². The van der Waals surface area contributed by atoms with E-state index in [4.69, 9.17) is 9.94 Å². The van der Waals surface area contributed by atoms with Gasteiger partial charge in [-0.1, -0.05) is 29.8 Å². The molecule has 0 radical (unpaired) electrons. The van der Waals surface area contributed by atoms with Gasteiger partial charge in [-0.15, -0.1) is 0 Å². The van der Waals surface area contributed by atoms with Crippen molar-refractivity contribution >= 4 is 5.91 Å². The number of methoxy groups -OCH3 is 1. The average molecular weight is 257 g/mol. The number of aryl methyl sites for hydroxylation is 1. The maximum Gasteiger partial charge on any atom is 0.275 e. The smallest absolute Gasteiger partial charge is 0.275 e. The summed E-state index contributed by atoms with van der Waals surface area (Å²) in [7, 11) is 1.59. The lowest BCUT2D eigenvalue weighted by molar-refractivity contribution is 0.0707. The van der Waals surface area contributed by atoms with Gasteiger partial charge in [0, 0.05) is 5.56 Å². The lowest BCUT2D eigenvalue weighted by Crippen LogP contribution is -2.19. The van der Waals surface area contributed by atoms with E-state index >= 15 is 0 Å². The maximum absolute atomic E-state index is 11.7. The molecule has 2 aromatic carbocycles. The quantitative estimate of drug-likeness (QED) is 0.656. The Bertz CT molecular complexity index is 608. The number of benzene rings is 2. The molecule has 0 spiro atoms.